The molecule has 0 unspecified atom stereocenters. The van der Waals surface area contributed by atoms with Crippen molar-refractivity contribution in [3.8, 4) is 0 Å². The Morgan fingerprint density at radius 1 is 0.393 bits per heavy atom. The van der Waals surface area contributed by atoms with E-state index < -0.39 is 0 Å². The molecule has 3 fully saturated rings. The summed E-state index contributed by atoms with van der Waals surface area (Å²) < 4.78 is 0. The summed E-state index contributed by atoms with van der Waals surface area (Å²) in [5, 5.41) is 0. The lowest BCUT2D eigenvalue weighted by Gasteiger charge is -2.36. The summed E-state index contributed by atoms with van der Waals surface area (Å²) in [5.41, 5.74) is 0. The fourth-order valence-electron chi connectivity index (χ4n) is 7.25. The molecule has 0 heteroatoms. The topological polar surface area (TPSA) is 0 Å². The van der Waals surface area contributed by atoms with E-state index in [2.05, 4.69) is 13.8 Å². The van der Waals surface area contributed by atoms with Gasteiger partial charge in [0.1, 0.15) is 0 Å². The van der Waals surface area contributed by atoms with Gasteiger partial charge < -0.3 is 0 Å². The van der Waals surface area contributed by atoms with Crippen molar-refractivity contribution in [2.45, 2.75) is 142 Å². The normalized spacial score (nSPS) is 37.1. The predicted octanol–water partition coefficient (Wildman–Crippen LogP) is 9.57. The molecule has 3 rings (SSSR count). The Balaban J connectivity index is 1.25. The zero-order chi connectivity index (χ0) is 19.6. The molecular weight excluding hydrogens is 336 g/mol. The fourth-order valence-corrected chi connectivity index (χ4v) is 7.25. The van der Waals surface area contributed by atoms with Gasteiger partial charge in [0.2, 0.25) is 0 Å². The summed E-state index contributed by atoms with van der Waals surface area (Å²) in [5.74, 6) is 6.55. The van der Waals surface area contributed by atoms with Crippen LogP contribution in [0.25, 0.3) is 0 Å². The van der Waals surface area contributed by atoms with Crippen molar-refractivity contribution in [2.75, 3.05) is 0 Å². The van der Waals surface area contributed by atoms with E-state index in [1.165, 1.54) is 38.5 Å². The number of hydrogen-bond donors (Lipinski definition) is 0. The van der Waals surface area contributed by atoms with Gasteiger partial charge in [0.25, 0.3) is 0 Å². The van der Waals surface area contributed by atoms with Crippen molar-refractivity contribution in [3.05, 3.63) is 0 Å². The summed E-state index contributed by atoms with van der Waals surface area (Å²) in [6.45, 7) is 4.70. The molecule has 3 aliphatic rings. The molecule has 0 nitrogen and oxygen atoms in total. The maximum absolute atomic E-state index is 2.36. The molecule has 3 saturated carbocycles. The van der Waals surface area contributed by atoms with Crippen LogP contribution in [0.5, 0.6) is 0 Å². The molecular formula is C28H52. The Kier molecular flexibility index (Phi) is 10.2. The summed E-state index contributed by atoms with van der Waals surface area (Å²) >= 11 is 0. The number of rotatable bonds is 10. The summed E-state index contributed by atoms with van der Waals surface area (Å²) in [6.07, 6.45) is 30.7. The SMILES string of the molecule is CCCCCC1CCC(C[C@H]2CC[C@H](CC3CCC(CCC)CC3)CC2)CC1. The van der Waals surface area contributed by atoms with E-state index in [0.29, 0.717) is 0 Å². The largest absolute Gasteiger partial charge is 0.0654 e. The highest BCUT2D eigenvalue weighted by Crippen LogP contribution is 2.42. The lowest BCUT2D eigenvalue weighted by molar-refractivity contribution is 0.161. The minimum Gasteiger partial charge on any atom is -0.0654 e. The third kappa shape index (κ3) is 7.68. The van der Waals surface area contributed by atoms with Gasteiger partial charge in [-0.05, 0) is 48.3 Å². The molecule has 0 aromatic carbocycles. The first-order valence-electron chi connectivity index (χ1n) is 13.8. The van der Waals surface area contributed by atoms with E-state index in [-0.39, 0.29) is 0 Å². The highest BCUT2D eigenvalue weighted by molar-refractivity contribution is 4.81. The van der Waals surface area contributed by atoms with Gasteiger partial charge in [-0.1, -0.05) is 129 Å². The van der Waals surface area contributed by atoms with E-state index in [0.717, 1.165) is 35.5 Å². The van der Waals surface area contributed by atoms with E-state index in [1.807, 2.05) is 0 Å². The third-order valence-corrected chi connectivity index (χ3v) is 9.15. The van der Waals surface area contributed by atoms with Gasteiger partial charge in [0, 0.05) is 0 Å². The van der Waals surface area contributed by atoms with E-state index in [9.17, 15) is 0 Å². The molecule has 0 aliphatic heterocycles. The molecule has 3 aliphatic carbocycles. The van der Waals surface area contributed by atoms with E-state index >= 15 is 0 Å². The van der Waals surface area contributed by atoms with Crippen molar-refractivity contribution in [3.63, 3.8) is 0 Å². The monoisotopic (exact) mass is 388 g/mol. The maximum Gasteiger partial charge on any atom is -0.0411 e. The lowest BCUT2D eigenvalue weighted by Crippen LogP contribution is -2.23. The van der Waals surface area contributed by atoms with Gasteiger partial charge in [0.15, 0.2) is 0 Å². The Labute approximate surface area is 178 Å². The molecule has 0 radical (unpaired) electrons. The van der Waals surface area contributed by atoms with Gasteiger partial charge in [-0.25, -0.2) is 0 Å². The van der Waals surface area contributed by atoms with E-state index in [4.69, 9.17) is 0 Å². The molecule has 0 amide bonds. The molecule has 0 spiro atoms. The molecule has 0 aromatic heterocycles. The maximum atomic E-state index is 2.36. The van der Waals surface area contributed by atoms with Crippen LogP contribution in [0.15, 0.2) is 0 Å². The molecule has 0 bridgehead atoms. The summed E-state index contributed by atoms with van der Waals surface area (Å²) in [6, 6.07) is 0. The van der Waals surface area contributed by atoms with Crippen LogP contribution in [-0.2, 0) is 0 Å². The van der Waals surface area contributed by atoms with Gasteiger partial charge >= 0.3 is 0 Å². The summed E-state index contributed by atoms with van der Waals surface area (Å²) in [4.78, 5) is 0. The molecule has 0 saturated heterocycles. The van der Waals surface area contributed by atoms with Gasteiger partial charge in [-0.2, -0.15) is 0 Å². The van der Waals surface area contributed by atoms with Crippen molar-refractivity contribution in [1.82, 2.24) is 0 Å². The minimum atomic E-state index is 1.08. The Hall–Kier alpha value is 0. The highest BCUT2D eigenvalue weighted by atomic mass is 14.3. The Bertz CT molecular complexity index is 375. The smallest absolute Gasteiger partial charge is 0.0411 e. The average Bonchev–Trinajstić information content (AvgIpc) is 2.73. The first-order chi connectivity index (χ1) is 13.8. The number of hydrogen-bond acceptors (Lipinski definition) is 0. The molecule has 164 valence electrons. The van der Waals surface area contributed by atoms with Crippen LogP contribution in [0, 0.1) is 35.5 Å². The molecule has 0 aromatic rings. The fraction of sp³-hybridized carbons (Fsp3) is 1.00. The van der Waals surface area contributed by atoms with Crippen LogP contribution in [0.3, 0.4) is 0 Å². The molecule has 0 N–H and O–H groups in total. The van der Waals surface area contributed by atoms with Crippen molar-refractivity contribution in [2.24, 2.45) is 35.5 Å². The second kappa shape index (κ2) is 12.6. The molecule has 28 heavy (non-hydrogen) atoms. The summed E-state index contributed by atoms with van der Waals surface area (Å²) in [7, 11) is 0. The predicted molar refractivity (Wildman–Crippen MR) is 125 cm³/mol. The molecule has 0 heterocycles. The zero-order valence-electron chi connectivity index (χ0n) is 19.6. The second-order valence-electron chi connectivity index (χ2n) is 11.4. The lowest BCUT2D eigenvalue weighted by atomic mass is 9.70. The Morgan fingerprint density at radius 3 is 1.11 bits per heavy atom. The zero-order valence-corrected chi connectivity index (χ0v) is 19.6. The highest BCUT2D eigenvalue weighted by Gasteiger charge is 2.29. The average molecular weight is 389 g/mol. The number of unbranched alkanes of at least 4 members (excludes halogenated alkanes) is 2. The second-order valence-corrected chi connectivity index (χ2v) is 11.4. The third-order valence-electron chi connectivity index (χ3n) is 9.15. The van der Waals surface area contributed by atoms with Crippen molar-refractivity contribution >= 4 is 0 Å². The first kappa shape index (κ1) is 22.7. The first-order valence-corrected chi connectivity index (χ1v) is 13.8. The Morgan fingerprint density at radius 2 is 0.750 bits per heavy atom. The van der Waals surface area contributed by atoms with Crippen LogP contribution in [0.2, 0.25) is 0 Å². The van der Waals surface area contributed by atoms with Crippen LogP contribution in [0.1, 0.15) is 142 Å². The standard InChI is InChI=1S/C28H52/c1-3-5-6-8-24-11-15-26(16-12-24)22-28-19-17-27(18-20-28)21-25-13-9-23(7-4-2)10-14-25/h23-28H,3-22H2,1-2H3/t23?,24?,25?,26?,27-,28-. The van der Waals surface area contributed by atoms with Crippen molar-refractivity contribution in [1.29, 1.82) is 0 Å². The minimum absolute atomic E-state index is 1.08. The van der Waals surface area contributed by atoms with Crippen LogP contribution < -0.4 is 0 Å². The molecule has 0 atom stereocenters. The van der Waals surface area contributed by atoms with E-state index in [1.54, 1.807) is 89.9 Å². The van der Waals surface area contributed by atoms with Crippen LogP contribution in [0.4, 0.5) is 0 Å². The quantitative estimate of drug-likeness (QED) is 0.327. The van der Waals surface area contributed by atoms with Crippen LogP contribution in [-0.4, -0.2) is 0 Å². The van der Waals surface area contributed by atoms with Crippen LogP contribution >= 0.6 is 0 Å². The van der Waals surface area contributed by atoms with Gasteiger partial charge in [0.05, 0.1) is 0 Å². The van der Waals surface area contributed by atoms with Crippen molar-refractivity contribution < 1.29 is 0 Å². The van der Waals surface area contributed by atoms with Gasteiger partial charge in [-0.15, -0.1) is 0 Å². The van der Waals surface area contributed by atoms with Gasteiger partial charge in [-0.3, -0.25) is 0 Å².